The summed E-state index contributed by atoms with van der Waals surface area (Å²) in [5.74, 6) is 1.03. The van der Waals surface area contributed by atoms with E-state index < -0.39 is 0 Å². The summed E-state index contributed by atoms with van der Waals surface area (Å²) in [6.07, 6.45) is 4.82. The van der Waals surface area contributed by atoms with Crippen molar-refractivity contribution in [3.63, 3.8) is 0 Å². The van der Waals surface area contributed by atoms with Gasteiger partial charge in [0.2, 0.25) is 5.91 Å². The van der Waals surface area contributed by atoms with Gasteiger partial charge in [-0.3, -0.25) is 10.1 Å². The molecule has 1 amide bonds. The van der Waals surface area contributed by atoms with Crippen LogP contribution in [-0.4, -0.2) is 18.0 Å². The number of hydrogen-bond acceptors (Lipinski definition) is 5. The fraction of sp³-hybridized carbons (Fsp3) is 0.100. The van der Waals surface area contributed by atoms with E-state index in [0.717, 1.165) is 11.1 Å². The Kier molecular flexibility index (Phi) is 6.01. The minimum Gasteiger partial charge on any atom is -0.493 e. The van der Waals surface area contributed by atoms with E-state index in [-0.39, 0.29) is 5.91 Å². The summed E-state index contributed by atoms with van der Waals surface area (Å²) in [6.45, 7) is 0.461. The first kappa shape index (κ1) is 17.7. The van der Waals surface area contributed by atoms with Gasteiger partial charge in [0, 0.05) is 17.7 Å². The SMILES string of the molecule is COc1cc(C=CC(=O)Nc2nccs2)ccc1OCc1ccccc1. The number of amides is 1. The third-order valence-corrected chi connectivity index (χ3v) is 4.20. The minimum absolute atomic E-state index is 0.233. The number of anilines is 1. The molecule has 0 spiro atoms. The molecule has 0 aliphatic carbocycles. The van der Waals surface area contributed by atoms with Crippen LogP contribution in [0.1, 0.15) is 11.1 Å². The van der Waals surface area contributed by atoms with Crippen LogP contribution in [0.5, 0.6) is 11.5 Å². The van der Waals surface area contributed by atoms with Gasteiger partial charge in [0.1, 0.15) is 6.61 Å². The van der Waals surface area contributed by atoms with E-state index in [0.29, 0.717) is 23.2 Å². The zero-order valence-corrected chi connectivity index (χ0v) is 15.0. The molecule has 0 aliphatic rings. The van der Waals surface area contributed by atoms with Crippen molar-refractivity contribution in [1.29, 1.82) is 0 Å². The quantitative estimate of drug-likeness (QED) is 0.630. The molecule has 0 fully saturated rings. The highest BCUT2D eigenvalue weighted by molar-refractivity contribution is 7.13. The van der Waals surface area contributed by atoms with Gasteiger partial charge >= 0.3 is 0 Å². The van der Waals surface area contributed by atoms with Gasteiger partial charge in [0.15, 0.2) is 16.6 Å². The smallest absolute Gasteiger partial charge is 0.250 e. The molecule has 0 saturated heterocycles. The number of methoxy groups -OCH3 is 1. The van der Waals surface area contributed by atoms with E-state index >= 15 is 0 Å². The monoisotopic (exact) mass is 366 g/mol. The third kappa shape index (κ3) is 4.94. The van der Waals surface area contributed by atoms with Gasteiger partial charge in [0.25, 0.3) is 0 Å². The lowest BCUT2D eigenvalue weighted by Gasteiger charge is -2.11. The number of carbonyl (C=O) groups is 1. The van der Waals surface area contributed by atoms with E-state index in [1.807, 2.05) is 48.5 Å². The van der Waals surface area contributed by atoms with Crippen molar-refractivity contribution in [2.75, 3.05) is 12.4 Å². The summed E-state index contributed by atoms with van der Waals surface area (Å²) in [5, 5.41) is 5.07. The van der Waals surface area contributed by atoms with E-state index in [4.69, 9.17) is 9.47 Å². The Morgan fingerprint density at radius 1 is 1.19 bits per heavy atom. The lowest BCUT2D eigenvalue weighted by Crippen LogP contribution is -2.07. The second kappa shape index (κ2) is 8.82. The highest BCUT2D eigenvalue weighted by Gasteiger charge is 2.06. The number of benzene rings is 2. The standard InChI is InChI=1S/C20H18N2O3S/c1-24-18-13-15(8-10-19(23)22-20-21-11-12-26-20)7-9-17(18)25-14-16-5-3-2-4-6-16/h2-13H,14H2,1H3,(H,21,22,23). The van der Waals surface area contributed by atoms with E-state index in [2.05, 4.69) is 10.3 Å². The number of hydrogen-bond donors (Lipinski definition) is 1. The first-order valence-electron chi connectivity index (χ1n) is 7.98. The van der Waals surface area contributed by atoms with E-state index in [1.54, 1.807) is 24.8 Å². The van der Waals surface area contributed by atoms with Gasteiger partial charge in [-0.25, -0.2) is 4.98 Å². The molecule has 3 aromatic rings. The molecule has 26 heavy (non-hydrogen) atoms. The molecule has 6 heteroatoms. The van der Waals surface area contributed by atoms with Crippen molar-refractivity contribution in [2.45, 2.75) is 6.61 Å². The molecule has 5 nitrogen and oxygen atoms in total. The van der Waals surface area contributed by atoms with Crippen molar-refractivity contribution >= 4 is 28.5 Å². The fourth-order valence-electron chi connectivity index (χ4n) is 2.25. The van der Waals surface area contributed by atoms with Gasteiger partial charge in [-0.15, -0.1) is 11.3 Å². The molecule has 3 rings (SSSR count). The highest BCUT2D eigenvalue weighted by Crippen LogP contribution is 2.29. The van der Waals surface area contributed by atoms with Crippen LogP contribution in [0.3, 0.4) is 0 Å². The van der Waals surface area contributed by atoms with Gasteiger partial charge in [0.05, 0.1) is 7.11 Å². The van der Waals surface area contributed by atoms with Crippen LogP contribution < -0.4 is 14.8 Å². The first-order valence-corrected chi connectivity index (χ1v) is 8.86. The van der Waals surface area contributed by atoms with Crippen LogP contribution in [0.4, 0.5) is 5.13 Å². The van der Waals surface area contributed by atoms with Crippen LogP contribution >= 0.6 is 11.3 Å². The van der Waals surface area contributed by atoms with Gasteiger partial charge in [-0.05, 0) is 29.3 Å². The number of nitrogens with one attached hydrogen (secondary N) is 1. The number of carbonyl (C=O) groups excluding carboxylic acids is 1. The molecular formula is C20H18N2O3S. The molecule has 0 bridgehead atoms. The van der Waals surface area contributed by atoms with Crippen LogP contribution in [0.15, 0.2) is 66.2 Å². The summed E-state index contributed by atoms with van der Waals surface area (Å²) in [4.78, 5) is 15.9. The number of thiazole rings is 1. The van der Waals surface area contributed by atoms with E-state index in [1.165, 1.54) is 17.4 Å². The molecule has 0 atom stereocenters. The average molecular weight is 366 g/mol. The van der Waals surface area contributed by atoms with Crippen LogP contribution in [0, 0.1) is 0 Å². The average Bonchev–Trinajstić information content (AvgIpc) is 3.18. The second-order valence-electron chi connectivity index (χ2n) is 5.34. The Hall–Kier alpha value is -3.12. The Labute approximate surface area is 155 Å². The first-order chi connectivity index (χ1) is 12.7. The largest absolute Gasteiger partial charge is 0.493 e. The third-order valence-electron chi connectivity index (χ3n) is 3.51. The van der Waals surface area contributed by atoms with Crippen LogP contribution in [0.2, 0.25) is 0 Å². The lowest BCUT2D eigenvalue weighted by atomic mass is 10.2. The van der Waals surface area contributed by atoms with Crippen molar-refractivity contribution in [2.24, 2.45) is 0 Å². The molecule has 2 aromatic carbocycles. The topological polar surface area (TPSA) is 60.5 Å². The number of aromatic nitrogens is 1. The zero-order chi connectivity index (χ0) is 18.2. The molecule has 0 unspecified atom stereocenters. The highest BCUT2D eigenvalue weighted by atomic mass is 32.1. The molecule has 0 saturated carbocycles. The fourth-order valence-corrected chi connectivity index (χ4v) is 2.78. The predicted octanol–water partition coefficient (Wildman–Crippen LogP) is 4.38. The van der Waals surface area contributed by atoms with Gasteiger partial charge in [-0.1, -0.05) is 36.4 Å². The number of ether oxygens (including phenoxy) is 2. The van der Waals surface area contributed by atoms with Crippen LogP contribution in [0.25, 0.3) is 6.08 Å². The molecule has 132 valence electrons. The second-order valence-corrected chi connectivity index (χ2v) is 6.24. The number of rotatable bonds is 7. The normalized spacial score (nSPS) is 10.7. The van der Waals surface area contributed by atoms with Gasteiger partial charge in [-0.2, -0.15) is 0 Å². The Morgan fingerprint density at radius 2 is 2.04 bits per heavy atom. The van der Waals surface area contributed by atoms with Crippen LogP contribution in [-0.2, 0) is 11.4 Å². The Morgan fingerprint density at radius 3 is 2.77 bits per heavy atom. The molecule has 1 aromatic heterocycles. The Balaban J connectivity index is 1.64. The molecule has 0 radical (unpaired) electrons. The molecule has 1 heterocycles. The van der Waals surface area contributed by atoms with Gasteiger partial charge < -0.3 is 9.47 Å². The van der Waals surface area contributed by atoms with Crippen molar-refractivity contribution in [3.8, 4) is 11.5 Å². The summed E-state index contributed by atoms with van der Waals surface area (Å²) < 4.78 is 11.2. The summed E-state index contributed by atoms with van der Waals surface area (Å²) >= 11 is 1.37. The van der Waals surface area contributed by atoms with Crippen molar-refractivity contribution in [1.82, 2.24) is 4.98 Å². The minimum atomic E-state index is -0.233. The van der Waals surface area contributed by atoms with Crippen molar-refractivity contribution in [3.05, 3.63) is 77.3 Å². The maximum absolute atomic E-state index is 11.9. The van der Waals surface area contributed by atoms with E-state index in [9.17, 15) is 4.79 Å². The molecule has 1 N–H and O–H groups in total. The zero-order valence-electron chi connectivity index (χ0n) is 14.2. The predicted molar refractivity (Wildman–Crippen MR) is 104 cm³/mol. The summed E-state index contributed by atoms with van der Waals surface area (Å²) in [6, 6.07) is 15.5. The molecular weight excluding hydrogens is 348 g/mol. The Bertz CT molecular complexity index is 877. The maximum atomic E-state index is 11.9. The summed E-state index contributed by atoms with van der Waals surface area (Å²) in [5.41, 5.74) is 1.92. The molecule has 0 aliphatic heterocycles. The number of nitrogens with zero attached hydrogens (tertiary/aromatic N) is 1. The lowest BCUT2D eigenvalue weighted by molar-refractivity contribution is -0.111. The maximum Gasteiger partial charge on any atom is 0.250 e. The summed E-state index contributed by atoms with van der Waals surface area (Å²) in [7, 11) is 1.59. The van der Waals surface area contributed by atoms with Crippen molar-refractivity contribution < 1.29 is 14.3 Å².